The van der Waals surface area contributed by atoms with Gasteiger partial charge in [-0.15, -0.1) is 0 Å². The van der Waals surface area contributed by atoms with Gasteiger partial charge < -0.3 is 10.6 Å². The van der Waals surface area contributed by atoms with Crippen LogP contribution >= 0.6 is 0 Å². The molecule has 1 aliphatic heterocycles. The highest BCUT2D eigenvalue weighted by Gasteiger charge is 2.04. The molecule has 0 spiro atoms. The molecular formula is C5H8N2O. The zero-order valence-corrected chi connectivity index (χ0v) is 4.69. The van der Waals surface area contributed by atoms with E-state index in [1.54, 1.807) is 13.1 Å². The molecule has 1 aliphatic rings. The van der Waals surface area contributed by atoms with Crippen LogP contribution in [0.1, 0.15) is 6.92 Å². The second-order valence-electron chi connectivity index (χ2n) is 1.71. The number of hydrogen-bond donors (Lipinski definition) is 2. The molecule has 0 aromatic rings. The first-order valence-electron chi connectivity index (χ1n) is 2.49. The SMILES string of the molecule is CC1=CNCNC1=O. The zero-order chi connectivity index (χ0) is 5.98. The lowest BCUT2D eigenvalue weighted by Gasteiger charge is -2.10. The molecular weight excluding hydrogens is 104 g/mol. The maximum atomic E-state index is 10.6. The van der Waals surface area contributed by atoms with Crippen LogP contribution < -0.4 is 10.6 Å². The zero-order valence-electron chi connectivity index (χ0n) is 4.69. The van der Waals surface area contributed by atoms with Gasteiger partial charge in [0.2, 0.25) is 5.91 Å². The molecule has 0 fully saturated rings. The van der Waals surface area contributed by atoms with Crippen molar-refractivity contribution in [3.05, 3.63) is 11.8 Å². The Morgan fingerprint density at radius 3 is 2.88 bits per heavy atom. The monoisotopic (exact) mass is 112 g/mol. The van der Waals surface area contributed by atoms with Crippen LogP contribution in [0.4, 0.5) is 0 Å². The standard InChI is InChI=1S/C5H8N2O/c1-4-2-6-3-7-5(4)8/h2,6H,3H2,1H3,(H,7,8). The Bertz CT molecular complexity index is 139. The van der Waals surface area contributed by atoms with E-state index in [-0.39, 0.29) is 5.91 Å². The van der Waals surface area contributed by atoms with E-state index in [1.807, 2.05) is 0 Å². The predicted molar refractivity (Wildman–Crippen MR) is 29.9 cm³/mol. The van der Waals surface area contributed by atoms with Crippen molar-refractivity contribution in [2.45, 2.75) is 6.92 Å². The summed E-state index contributed by atoms with van der Waals surface area (Å²) in [5, 5.41) is 5.48. The van der Waals surface area contributed by atoms with Crippen LogP contribution in [0.5, 0.6) is 0 Å². The number of rotatable bonds is 0. The minimum Gasteiger partial charge on any atom is -0.373 e. The highest BCUT2D eigenvalue weighted by Crippen LogP contribution is 1.91. The van der Waals surface area contributed by atoms with Crippen LogP contribution in [-0.2, 0) is 4.79 Å². The molecule has 0 atom stereocenters. The van der Waals surface area contributed by atoms with E-state index >= 15 is 0 Å². The van der Waals surface area contributed by atoms with Crippen molar-refractivity contribution in [3.63, 3.8) is 0 Å². The molecule has 0 radical (unpaired) electrons. The average molecular weight is 112 g/mol. The van der Waals surface area contributed by atoms with Crippen LogP contribution in [0.15, 0.2) is 11.8 Å². The minimum absolute atomic E-state index is 0.0174. The van der Waals surface area contributed by atoms with Gasteiger partial charge in [0.25, 0.3) is 0 Å². The summed E-state index contributed by atoms with van der Waals surface area (Å²) >= 11 is 0. The van der Waals surface area contributed by atoms with E-state index in [1.165, 1.54) is 0 Å². The second-order valence-corrected chi connectivity index (χ2v) is 1.71. The van der Waals surface area contributed by atoms with Crippen molar-refractivity contribution >= 4 is 5.91 Å². The van der Waals surface area contributed by atoms with E-state index in [0.29, 0.717) is 6.67 Å². The Morgan fingerprint density at radius 2 is 2.50 bits per heavy atom. The Hall–Kier alpha value is -0.990. The Labute approximate surface area is 47.8 Å². The van der Waals surface area contributed by atoms with Crippen LogP contribution in [0.3, 0.4) is 0 Å². The summed E-state index contributed by atoms with van der Waals surface area (Å²) in [6.07, 6.45) is 1.71. The van der Waals surface area contributed by atoms with Crippen molar-refractivity contribution in [3.8, 4) is 0 Å². The molecule has 1 amide bonds. The normalized spacial score (nSPS) is 18.6. The molecule has 44 valence electrons. The largest absolute Gasteiger partial charge is 0.373 e. The van der Waals surface area contributed by atoms with E-state index < -0.39 is 0 Å². The van der Waals surface area contributed by atoms with E-state index in [0.717, 1.165) is 5.57 Å². The van der Waals surface area contributed by atoms with Crippen molar-refractivity contribution in [2.75, 3.05) is 6.67 Å². The van der Waals surface area contributed by atoms with Crippen LogP contribution in [0, 0.1) is 0 Å². The van der Waals surface area contributed by atoms with E-state index in [9.17, 15) is 4.79 Å². The third-order valence-electron chi connectivity index (χ3n) is 1.03. The fourth-order valence-electron chi connectivity index (χ4n) is 0.540. The lowest BCUT2D eigenvalue weighted by molar-refractivity contribution is -0.117. The summed E-state index contributed by atoms with van der Waals surface area (Å²) in [7, 11) is 0. The summed E-state index contributed by atoms with van der Waals surface area (Å²) in [5.41, 5.74) is 0.733. The van der Waals surface area contributed by atoms with Crippen molar-refractivity contribution in [1.29, 1.82) is 0 Å². The number of nitrogens with one attached hydrogen (secondary N) is 2. The van der Waals surface area contributed by atoms with Crippen molar-refractivity contribution in [2.24, 2.45) is 0 Å². The van der Waals surface area contributed by atoms with Gasteiger partial charge in [-0.2, -0.15) is 0 Å². The number of hydrogen-bond acceptors (Lipinski definition) is 2. The minimum atomic E-state index is 0.0174. The second kappa shape index (κ2) is 1.86. The maximum absolute atomic E-state index is 10.6. The van der Waals surface area contributed by atoms with Crippen LogP contribution in [0.25, 0.3) is 0 Å². The Balaban J connectivity index is 2.67. The van der Waals surface area contributed by atoms with Crippen molar-refractivity contribution in [1.82, 2.24) is 10.6 Å². The predicted octanol–water partition coefficient (Wildman–Crippen LogP) is -0.433. The smallest absolute Gasteiger partial charge is 0.249 e. The Kier molecular flexibility index (Phi) is 1.20. The molecule has 0 bridgehead atoms. The maximum Gasteiger partial charge on any atom is 0.249 e. The van der Waals surface area contributed by atoms with Crippen LogP contribution in [0.2, 0.25) is 0 Å². The van der Waals surface area contributed by atoms with Gasteiger partial charge >= 0.3 is 0 Å². The van der Waals surface area contributed by atoms with Gasteiger partial charge in [-0.3, -0.25) is 4.79 Å². The molecule has 0 saturated carbocycles. The van der Waals surface area contributed by atoms with Crippen LogP contribution in [-0.4, -0.2) is 12.6 Å². The van der Waals surface area contributed by atoms with Gasteiger partial charge in [-0.25, -0.2) is 0 Å². The summed E-state index contributed by atoms with van der Waals surface area (Å²) in [6.45, 7) is 2.32. The molecule has 0 aliphatic carbocycles. The first-order chi connectivity index (χ1) is 3.80. The average Bonchev–Trinajstić information content (AvgIpc) is 1.77. The first kappa shape index (κ1) is 5.15. The summed E-state index contributed by atoms with van der Waals surface area (Å²) in [4.78, 5) is 10.6. The molecule has 2 N–H and O–H groups in total. The van der Waals surface area contributed by atoms with E-state index in [4.69, 9.17) is 0 Å². The molecule has 8 heavy (non-hydrogen) atoms. The quantitative estimate of drug-likeness (QED) is 0.446. The molecule has 0 unspecified atom stereocenters. The first-order valence-corrected chi connectivity index (χ1v) is 2.49. The third kappa shape index (κ3) is 0.804. The molecule has 3 heteroatoms. The lowest BCUT2D eigenvalue weighted by atomic mass is 10.3. The van der Waals surface area contributed by atoms with Gasteiger partial charge in [0.15, 0.2) is 0 Å². The summed E-state index contributed by atoms with van der Waals surface area (Å²) in [6, 6.07) is 0. The van der Waals surface area contributed by atoms with Gasteiger partial charge in [0.1, 0.15) is 0 Å². The van der Waals surface area contributed by atoms with Gasteiger partial charge in [0, 0.05) is 11.8 Å². The fourth-order valence-corrected chi connectivity index (χ4v) is 0.540. The van der Waals surface area contributed by atoms with Crippen molar-refractivity contribution < 1.29 is 4.79 Å². The number of amides is 1. The summed E-state index contributed by atoms with van der Waals surface area (Å²) in [5.74, 6) is 0.0174. The number of carbonyl (C=O) groups excluding carboxylic acids is 1. The van der Waals surface area contributed by atoms with Gasteiger partial charge in [0.05, 0.1) is 6.67 Å². The highest BCUT2D eigenvalue weighted by atomic mass is 16.1. The summed E-state index contributed by atoms with van der Waals surface area (Å²) < 4.78 is 0. The van der Waals surface area contributed by atoms with Gasteiger partial charge in [-0.05, 0) is 6.92 Å². The molecule has 0 aromatic carbocycles. The molecule has 1 heterocycles. The molecule has 0 aromatic heterocycles. The lowest BCUT2D eigenvalue weighted by Crippen LogP contribution is -2.36. The molecule has 3 nitrogen and oxygen atoms in total. The fraction of sp³-hybridized carbons (Fsp3) is 0.400. The van der Waals surface area contributed by atoms with E-state index in [2.05, 4.69) is 10.6 Å². The molecule has 0 saturated heterocycles. The molecule has 1 rings (SSSR count). The Morgan fingerprint density at radius 1 is 1.75 bits per heavy atom. The highest BCUT2D eigenvalue weighted by molar-refractivity contribution is 5.93. The number of carbonyl (C=O) groups is 1. The topological polar surface area (TPSA) is 41.1 Å². The third-order valence-corrected chi connectivity index (χ3v) is 1.03. The van der Waals surface area contributed by atoms with Gasteiger partial charge in [-0.1, -0.05) is 0 Å².